The third-order valence-electron chi connectivity index (χ3n) is 5.91. The smallest absolute Gasteiger partial charge is 0.261 e. The summed E-state index contributed by atoms with van der Waals surface area (Å²) in [5.41, 5.74) is 11.4. The van der Waals surface area contributed by atoms with Gasteiger partial charge in [0.05, 0.1) is 22.2 Å². The first kappa shape index (κ1) is 18.5. The number of nitrogens with two attached hydrogens (primary N) is 1. The largest absolute Gasteiger partial charge is 0.397 e. The summed E-state index contributed by atoms with van der Waals surface area (Å²) in [7, 11) is 3.99. The van der Waals surface area contributed by atoms with E-state index < -0.39 is 0 Å². The minimum absolute atomic E-state index is 0.254. The van der Waals surface area contributed by atoms with Crippen LogP contribution in [0.2, 0.25) is 0 Å². The summed E-state index contributed by atoms with van der Waals surface area (Å²) in [6, 6.07) is 11.9. The summed E-state index contributed by atoms with van der Waals surface area (Å²) in [6.07, 6.45) is 0. The van der Waals surface area contributed by atoms with Crippen LogP contribution in [0.15, 0.2) is 41.2 Å². The van der Waals surface area contributed by atoms with Crippen LogP contribution in [-0.2, 0) is 0 Å². The Balaban J connectivity index is 1.59. The Hall–Kier alpha value is -3.52. The van der Waals surface area contributed by atoms with Crippen LogP contribution in [0.3, 0.4) is 0 Å². The number of hydrogen-bond donors (Lipinski definition) is 4. The Bertz CT molecular complexity index is 1300. The highest BCUT2D eigenvalue weighted by Crippen LogP contribution is 2.30. The molecule has 1 saturated heterocycles. The monoisotopic (exact) mass is 403 g/mol. The number of rotatable bonds is 3. The van der Waals surface area contributed by atoms with E-state index >= 15 is 0 Å². The summed E-state index contributed by atoms with van der Waals surface area (Å²) in [5, 5.41) is 3.89. The first-order valence-electron chi connectivity index (χ1n) is 10.1. The molecular weight excluding hydrogens is 378 g/mol. The molecule has 2 aromatic carbocycles. The molecule has 2 aromatic heterocycles. The summed E-state index contributed by atoms with van der Waals surface area (Å²) >= 11 is 0. The molecule has 0 radical (unpaired) electrons. The number of imidazole rings is 1. The second-order valence-electron chi connectivity index (χ2n) is 7.83. The quantitative estimate of drug-likeness (QED) is 0.419. The molecule has 0 unspecified atom stereocenters. The number of piperazine rings is 1. The van der Waals surface area contributed by atoms with Gasteiger partial charge in [-0.25, -0.2) is 4.98 Å². The van der Waals surface area contributed by atoms with Gasteiger partial charge >= 0.3 is 0 Å². The van der Waals surface area contributed by atoms with Crippen LogP contribution in [0.4, 0.5) is 17.1 Å². The van der Waals surface area contributed by atoms with Crippen molar-refractivity contribution in [3.8, 4) is 11.4 Å². The molecule has 8 nitrogen and oxygen atoms in total. The van der Waals surface area contributed by atoms with Gasteiger partial charge in [-0.3, -0.25) is 4.79 Å². The SMILES string of the molecule is CNc1ccc2[nH]c(=O)c(-c3nc4cc(N5CCN(C)CC5)ccc4[nH]3)c(N)c2c1. The van der Waals surface area contributed by atoms with Crippen LogP contribution in [0, 0.1) is 0 Å². The number of hydrogen-bond acceptors (Lipinski definition) is 6. The van der Waals surface area contributed by atoms with Crippen LogP contribution in [0.1, 0.15) is 0 Å². The van der Waals surface area contributed by atoms with Crippen molar-refractivity contribution >= 4 is 39.0 Å². The molecule has 5 rings (SSSR count). The second-order valence-corrected chi connectivity index (χ2v) is 7.83. The van der Waals surface area contributed by atoms with Gasteiger partial charge < -0.3 is 30.8 Å². The number of aromatic amines is 2. The fraction of sp³-hybridized carbons (Fsp3) is 0.273. The van der Waals surface area contributed by atoms with Gasteiger partial charge in [-0.1, -0.05) is 0 Å². The molecule has 30 heavy (non-hydrogen) atoms. The number of anilines is 3. The average Bonchev–Trinajstić information content (AvgIpc) is 3.16. The summed E-state index contributed by atoms with van der Waals surface area (Å²) in [6.45, 7) is 4.07. The highest BCUT2D eigenvalue weighted by molar-refractivity contribution is 5.99. The highest BCUT2D eigenvalue weighted by atomic mass is 16.1. The lowest BCUT2D eigenvalue weighted by Gasteiger charge is -2.34. The lowest BCUT2D eigenvalue weighted by molar-refractivity contribution is 0.313. The van der Waals surface area contributed by atoms with Gasteiger partial charge in [0.2, 0.25) is 0 Å². The number of pyridine rings is 1. The molecule has 0 spiro atoms. The van der Waals surface area contributed by atoms with Crippen LogP contribution in [0.5, 0.6) is 0 Å². The third kappa shape index (κ3) is 3.05. The molecule has 4 aromatic rings. The standard InChI is InChI=1S/C22H25N7O/c1-24-13-3-5-16-15(11-13)20(23)19(22(30)27-16)21-25-17-6-4-14(12-18(17)26-21)29-9-7-28(2)8-10-29/h3-6,11-12,24H,7-10H2,1-2H3,(H,25,26)(H3,23,27,30). The first-order valence-corrected chi connectivity index (χ1v) is 10.1. The molecule has 0 aliphatic carbocycles. The maximum Gasteiger partial charge on any atom is 0.261 e. The van der Waals surface area contributed by atoms with Crippen molar-refractivity contribution in [2.45, 2.75) is 0 Å². The fourth-order valence-corrected chi connectivity index (χ4v) is 4.08. The van der Waals surface area contributed by atoms with Gasteiger partial charge in [0.1, 0.15) is 11.4 Å². The van der Waals surface area contributed by atoms with Crippen molar-refractivity contribution in [1.82, 2.24) is 19.9 Å². The minimum Gasteiger partial charge on any atom is -0.397 e. The zero-order chi connectivity index (χ0) is 20.8. The van der Waals surface area contributed by atoms with E-state index in [0.29, 0.717) is 22.6 Å². The van der Waals surface area contributed by atoms with Crippen LogP contribution in [0.25, 0.3) is 33.3 Å². The summed E-state index contributed by atoms with van der Waals surface area (Å²) < 4.78 is 0. The van der Waals surface area contributed by atoms with Crippen LogP contribution >= 0.6 is 0 Å². The fourth-order valence-electron chi connectivity index (χ4n) is 4.08. The van der Waals surface area contributed by atoms with Gasteiger partial charge in [-0.2, -0.15) is 0 Å². The molecule has 1 fully saturated rings. The Morgan fingerprint density at radius 2 is 1.80 bits per heavy atom. The first-order chi connectivity index (χ1) is 14.5. The van der Waals surface area contributed by atoms with Crippen molar-refractivity contribution in [2.24, 2.45) is 0 Å². The lowest BCUT2D eigenvalue weighted by atomic mass is 10.1. The minimum atomic E-state index is -0.254. The van der Waals surface area contributed by atoms with Gasteiger partial charge in [0.25, 0.3) is 5.56 Å². The Labute approximate surface area is 173 Å². The van der Waals surface area contributed by atoms with Gasteiger partial charge in [-0.05, 0) is 43.4 Å². The number of nitrogen functional groups attached to an aromatic ring is 1. The van der Waals surface area contributed by atoms with Crippen molar-refractivity contribution in [3.05, 3.63) is 46.8 Å². The van der Waals surface area contributed by atoms with E-state index in [1.807, 2.05) is 31.3 Å². The predicted octanol–water partition coefficient (Wildman–Crippen LogP) is 2.45. The molecule has 0 atom stereocenters. The van der Waals surface area contributed by atoms with Gasteiger partial charge in [-0.15, -0.1) is 0 Å². The van der Waals surface area contributed by atoms with E-state index in [0.717, 1.165) is 54.0 Å². The van der Waals surface area contributed by atoms with E-state index in [9.17, 15) is 4.79 Å². The zero-order valence-electron chi connectivity index (χ0n) is 17.1. The molecule has 3 heterocycles. The number of fused-ring (bicyclic) bond motifs is 2. The number of likely N-dealkylation sites (N-methyl/N-ethyl adjacent to an activating group) is 1. The molecule has 1 aliphatic rings. The van der Waals surface area contributed by atoms with Crippen molar-refractivity contribution in [3.63, 3.8) is 0 Å². The molecule has 0 saturated carbocycles. The van der Waals surface area contributed by atoms with Crippen molar-refractivity contribution in [1.29, 1.82) is 0 Å². The normalized spacial score (nSPS) is 15.2. The number of benzene rings is 2. The van der Waals surface area contributed by atoms with E-state index in [2.05, 4.69) is 44.3 Å². The average molecular weight is 403 g/mol. The van der Waals surface area contributed by atoms with Crippen molar-refractivity contribution in [2.75, 3.05) is 56.2 Å². The summed E-state index contributed by atoms with van der Waals surface area (Å²) in [4.78, 5) is 28.4. The highest BCUT2D eigenvalue weighted by Gasteiger charge is 2.18. The van der Waals surface area contributed by atoms with E-state index in [4.69, 9.17) is 10.7 Å². The molecular formula is C22H25N7O. The summed E-state index contributed by atoms with van der Waals surface area (Å²) in [5.74, 6) is 0.482. The molecule has 0 amide bonds. The van der Waals surface area contributed by atoms with Crippen LogP contribution in [-0.4, -0.2) is 60.1 Å². The van der Waals surface area contributed by atoms with E-state index in [-0.39, 0.29) is 5.56 Å². The molecule has 0 bridgehead atoms. The number of nitrogens with zero attached hydrogens (tertiary/aromatic N) is 3. The molecule has 8 heteroatoms. The van der Waals surface area contributed by atoms with Gasteiger partial charge in [0.15, 0.2) is 0 Å². The third-order valence-corrected chi connectivity index (χ3v) is 5.91. The van der Waals surface area contributed by atoms with E-state index in [1.165, 1.54) is 0 Å². The van der Waals surface area contributed by atoms with E-state index in [1.54, 1.807) is 0 Å². The Morgan fingerprint density at radius 1 is 1.03 bits per heavy atom. The predicted molar refractivity (Wildman–Crippen MR) is 123 cm³/mol. The molecule has 154 valence electrons. The maximum atomic E-state index is 12.8. The zero-order valence-corrected chi connectivity index (χ0v) is 17.1. The van der Waals surface area contributed by atoms with Gasteiger partial charge in [0, 0.05) is 50.0 Å². The van der Waals surface area contributed by atoms with Crippen molar-refractivity contribution < 1.29 is 0 Å². The topological polar surface area (TPSA) is 106 Å². The number of H-pyrrole nitrogens is 2. The Kier molecular flexibility index (Phi) is 4.36. The van der Waals surface area contributed by atoms with Crippen LogP contribution < -0.4 is 21.5 Å². The molecule has 5 N–H and O–H groups in total. The Morgan fingerprint density at radius 3 is 2.57 bits per heavy atom. The maximum absolute atomic E-state index is 12.8. The lowest BCUT2D eigenvalue weighted by Crippen LogP contribution is -2.44. The number of nitrogens with one attached hydrogen (secondary N) is 3. The molecule has 1 aliphatic heterocycles. The number of aromatic nitrogens is 3. The second kappa shape index (κ2) is 7.07.